The van der Waals surface area contributed by atoms with Gasteiger partial charge in [0.15, 0.2) is 0 Å². The Bertz CT molecular complexity index is 381. The van der Waals surface area contributed by atoms with E-state index in [9.17, 15) is 4.79 Å². The van der Waals surface area contributed by atoms with E-state index in [0.717, 1.165) is 12.8 Å². The number of carbonyl (C=O) groups is 1. The molecule has 0 aromatic heterocycles. The molecule has 1 amide bonds. The number of halogens is 2. The minimum Gasteiger partial charge on any atom is -0.340 e. The lowest BCUT2D eigenvalue weighted by atomic mass is 10.1. The fourth-order valence-corrected chi connectivity index (χ4v) is 4.19. The van der Waals surface area contributed by atoms with Crippen molar-refractivity contribution in [2.24, 2.45) is 0 Å². The summed E-state index contributed by atoms with van der Waals surface area (Å²) in [6.45, 7) is 3.50. The summed E-state index contributed by atoms with van der Waals surface area (Å²) in [5.74, 6) is 1.17. The normalized spacial score (nSPS) is 11.4. The summed E-state index contributed by atoms with van der Waals surface area (Å²) in [6.07, 6.45) is 27.8. The molecule has 0 fully saturated rings. The van der Waals surface area contributed by atoms with E-state index >= 15 is 0 Å². The number of carbonyl (C=O) groups excluding carboxylic acids is 1. The quantitative estimate of drug-likeness (QED) is 0.0843. The largest absolute Gasteiger partial charge is 0.340 e. The molecule has 0 saturated carbocycles. The van der Waals surface area contributed by atoms with Gasteiger partial charge in [-0.05, 0) is 32.1 Å². The topological polar surface area (TPSA) is 20.3 Å². The first-order valence-corrected chi connectivity index (χ1v) is 13.9. The zero-order valence-electron chi connectivity index (χ0n) is 19.8. The second-order valence-corrected chi connectivity index (χ2v) is 9.26. The van der Waals surface area contributed by atoms with E-state index in [2.05, 4.69) is 19.1 Å². The standard InChI is InChI=1S/C26H49Cl2NO/c1-2-3-4-5-6-7-8-9-10-11-12-13-14-15-16-17-18-19-20-21-26(30)29(24-22-27)25-23-28/h9-10H,2-8,11-25H2,1H3. The highest BCUT2D eigenvalue weighted by molar-refractivity contribution is 6.18. The minimum absolute atomic E-state index is 0.206. The minimum atomic E-state index is 0.206. The molecule has 0 atom stereocenters. The summed E-state index contributed by atoms with van der Waals surface area (Å²) in [4.78, 5) is 13.9. The summed E-state index contributed by atoms with van der Waals surface area (Å²) >= 11 is 11.5. The highest BCUT2D eigenvalue weighted by Gasteiger charge is 2.11. The predicted octanol–water partition coefficient (Wildman–Crippen LogP) is 8.89. The molecule has 0 rings (SSSR count). The van der Waals surface area contributed by atoms with Crippen LogP contribution in [-0.4, -0.2) is 35.7 Å². The number of allylic oxidation sites excluding steroid dienone is 2. The van der Waals surface area contributed by atoms with Gasteiger partial charge in [-0.1, -0.05) is 96.1 Å². The number of hydrogen-bond donors (Lipinski definition) is 0. The Labute approximate surface area is 198 Å². The van der Waals surface area contributed by atoms with Crippen molar-refractivity contribution >= 4 is 29.1 Å². The number of unbranched alkanes of at least 4 members (excludes halogenated alkanes) is 15. The van der Waals surface area contributed by atoms with E-state index in [1.807, 2.05) is 0 Å². The van der Waals surface area contributed by atoms with Crippen molar-refractivity contribution in [3.05, 3.63) is 12.2 Å². The van der Waals surface area contributed by atoms with Crippen LogP contribution in [0.2, 0.25) is 0 Å². The van der Waals surface area contributed by atoms with Gasteiger partial charge in [0.05, 0.1) is 0 Å². The molecule has 0 saturated heterocycles. The van der Waals surface area contributed by atoms with Gasteiger partial charge in [0.25, 0.3) is 0 Å². The smallest absolute Gasteiger partial charge is 0.222 e. The van der Waals surface area contributed by atoms with Gasteiger partial charge in [-0.2, -0.15) is 0 Å². The van der Waals surface area contributed by atoms with Crippen LogP contribution in [0.1, 0.15) is 122 Å². The Balaban J connectivity index is 3.31. The van der Waals surface area contributed by atoms with Crippen molar-refractivity contribution < 1.29 is 4.79 Å². The van der Waals surface area contributed by atoms with Crippen LogP contribution >= 0.6 is 23.2 Å². The molecule has 0 aliphatic carbocycles. The summed E-state index contributed by atoms with van der Waals surface area (Å²) in [5.41, 5.74) is 0. The zero-order chi connectivity index (χ0) is 22.1. The van der Waals surface area contributed by atoms with Crippen molar-refractivity contribution in [1.29, 1.82) is 0 Å². The molecule has 0 heterocycles. The second kappa shape index (κ2) is 25.1. The maximum Gasteiger partial charge on any atom is 0.222 e. The molecule has 4 heteroatoms. The Morgan fingerprint density at radius 2 is 1.03 bits per heavy atom. The van der Waals surface area contributed by atoms with Crippen LogP contribution in [0.5, 0.6) is 0 Å². The summed E-state index contributed by atoms with van der Waals surface area (Å²) < 4.78 is 0. The fraction of sp³-hybridized carbons (Fsp3) is 0.885. The molecule has 178 valence electrons. The van der Waals surface area contributed by atoms with E-state index in [1.165, 1.54) is 96.3 Å². The van der Waals surface area contributed by atoms with E-state index in [1.54, 1.807) is 4.90 Å². The summed E-state index contributed by atoms with van der Waals surface area (Å²) in [5, 5.41) is 0. The third-order valence-corrected chi connectivity index (χ3v) is 6.05. The lowest BCUT2D eigenvalue weighted by molar-refractivity contribution is -0.130. The van der Waals surface area contributed by atoms with Crippen LogP contribution in [0.4, 0.5) is 0 Å². The SMILES string of the molecule is CCCCCCCCC=CCCCCCCCCCCCC(=O)N(CCCl)CCCl. The van der Waals surface area contributed by atoms with Crippen LogP contribution < -0.4 is 0 Å². The maximum absolute atomic E-state index is 12.1. The van der Waals surface area contributed by atoms with Crippen LogP contribution in [0.25, 0.3) is 0 Å². The van der Waals surface area contributed by atoms with Crippen LogP contribution in [-0.2, 0) is 4.79 Å². The molecule has 0 radical (unpaired) electrons. The number of amides is 1. The van der Waals surface area contributed by atoms with Crippen molar-refractivity contribution in [2.45, 2.75) is 122 Å². The van der Waals surface area contributed by atoms with Gasteiger partial charge in [0.1, 0.15) is 0 Å². The molecule has 0 spiro atoms. The highest BCUT2D eigenvalue weighted by Crippen LogP contribution is 2.13. The van der Waals surface area contributed by atoms with E-state index < -0.39 is 0 Å². The number of hydrogen-bond acceptors (Lipinski definition) is 1. The third kappa shape index (κ3) is 21.0. The molecule has 0 aromatic carbocycles. The molecule has 30 heavy (non-hydrogen) atoms. The van der Waals surface area contributed by atoms with E-state index in [-0.39, 0.29) is 5.91 Å². The van der Waals surface area contributed by atoms with E-state index in [4.69, 9.17) is 23.2 Å². The Morgan fingerprint density at radius 3 is 1.47 bits per heavy atom. The average Bonchev–Trinajstić information content (AvgIpc) is 2.75. The maximum atomic E-state index is 12.1. The number of rotatable bonds is 23. The monoisotopic (exact) mass is 461 g/mol. The van der Waals surface area contributed by atoms with Crippen molar-refractivity contribution in [3.8, 4) is 0 Å². The summed E-state index contributed by atoms with van der Waals surface area (Å²) in [7, 11) is 0. The van der Waals surface area contributed by atoms with Crippen LogP contribution in [0.15, 0.2) is 12.2 Å². The number of nitrogens with zero attached hydrogens (tertiary/aromatic N) is 1. The fourth-order valence-electron chi connectivity index (χ4n) is 3.78. The molecule has 0 aliphatic heterocycles. The highest BCUT2D eigenvalue weighted by atomic mass is 35.5. The molecule has 2 nitrogen and oxygen atoms in total. The van der Waals surface area contributed by atoms with Crippen LogP contribution in [0.3, 0.4) is 0 Å². The molecule has 0 aliphatic rings. The van der Waals surface area contributed by atoms with Crippen molar-refractivity contribution in [3.63, 3.8) is 0 Å². The predicted molar refractivity (Wildman–Crippen MR) is 136 cm³/mol. The molecule has 0 unspecified atom stereocenters. The number of alkyl halides is 2. The van der Waals surface area contributed by atoms with Gasteiger partial charge in [0, 0.05) is 31.3 Å². The zero-order valence-corrected chi connectivity index (χ0v) is 21.3. The van der Waals surface area contributed by atoms with Gasteiger partial charge in [-0.3, -0.25) is 4.79 Å². The Hall–Kier alpha value is -0.210. The first kappa shape index (κ1) is 29.8. The van der Waals surface area contributed by atoms with Gasteiger partial charge in [-0.25, -0.2) is 0 Å². The second-order valence-electron chi connectivity index (χ2n) is 8.51. The Kier molecular flexibility index (Phi) is 24.9. The lowest BCUT2D eigenvalue weighted by Gasteiger charge is -2.20. The van der Waals surface area contributed by atoms with Crippen LogP contribution in [0, 0.1) is 0 Å². The molecule has 0 N–H and O–H groups in total. The van der Waals surface area contributed by atoms with E-state index in [0.29, 0.717) is 31.3 Å². The molecular formula is C26H49Cl2NO. The Morgan fingerprint density at radius 1 is 0.633 bits per heavy atom. The third-order valence-electron chi connectivity index (χ3n) is 5.71. The van der Waals surface area contributed by atoms with Crippen molar-refractivity contribution in [1.82, 2.24) is 4.90 Å². The van der Waals surface area contributed by atoms with Gasteiger partial charge >= 0.3 is 0 Å². The molecule has 0 bridgehead atoms. The summed E-state index contributed by atoms with van der Waals surface area (Å²) in [6, 6.07) is 0. The van der Waals surface area contributed by atoms with Gasteiger partial charge in [0.2, 0.25) is 5.91 Å². The molecule has 0 aromatic rings. The molecular weight excluding hydrogens is 413 g/mol. The first-order valence-electron chi connectivity index (χ1n) is 12.8. The average molecular weight is 463 g/mol. The lowest BCUT2D eigenvalue weighted by Crippen LogP contribution is -2.34. The van der Waals surface area contributed by atoms with Crippen molar-refractivity contribution in [2.75, 3.05) is 24.8 Å². The van der Waals surface area contributed by atoms with Gasteiger partial charge in [-0.15, -0.1) is 23.2 Å². The first-order chi connectivity index (χ1) is 14.8. The van der Waals surface area contributed by atoms with Gasteiger partial charge < -0.3 is 4.90 Å².